The average Bonchev–Trinajstić information content (AvgIpc) is 3.06. The third-order valence-electron chi connectivity index (χ3n) is 3.49. The molecule has 3 rings (SSSR count). The number of hydrogen-bond donors (Lipinski definition) is 1. The molecular weight excluding hydrogens is 254 g/mol. The van der Waals surface area contributed by atoms with Crippen LogP contribution >= 0.6 is 0 Å². The third kappa shape index (κ3) is 1.97. The van der Waals surface area contributed by atoms with Crippen LogP contribution in [0, 0.1) is 0 Å². The van der Waals surface area contributed by atoms with Gasteiger partial charge >= 0.3 is 5.97 Å². The topological polar surface area (TPSA) is 60.0 Å². The number of aromatic carboxylic acids is 1. The fraction of sp³-hybridized carbons (Fsp3) is 0.200. The molecule has 3 aromatic rings. The fourth-order valence-electron chi connectivity index (χ4n) is 2.50. The Morgan fingerprint density at radius 2 is 2.15 bits per heavy atom. The summed E-state index contributed by atoms with van der Waals surface area (Å²) in [5.41, 5.74) is 2.14. The maximum Gasteiger partial charge on any atom is 0.337 e. The van der Waals surface area contributed by atoms with E-state index in [1.165, 1.54) is 0 Å². The molecule has 0 radical (unpaired) electrons. The Morgan fingerprint density at radius 3 is 2.90 bits per heavy atom. The lowest BCUT2D eigenvalue weighted by Crippen LogP contribution is -2.07. The molecule has 5 nitrogen and oxygen atoms in total. The minimum Gasteiger partial charge on any atom is -0.478 e. The van der Waals surface area contributed by atoms with Crippen LogP contribution in [0.5, 0.6) is 0 Å². The number of carboxylic acid groups (broad SMARTS) is 1. The fourth-order valence-corrected chi connectivity index (χ4v) is 2.50. The third-order valence-corrected chi connectivity index (χ3v) is 3.49. The van der Waals surface area contributed by atoms with Gasteiger partial charge in [-0.3, -0.25) is 0 Å². The number of benzene rings is 1. The normalized spacial score (nSPS) is 11.1. The monoisotopic (exact) mass is 269 g/mol. The number of aromatic nitrogens is 3. The summed E-state index contributed by atoms with van der Waals surface area (Å²) in [4.78, 5) is 15.5. The van der Waals surface area contributed by atoms with Gasteiger partial charge in [-0.05, 0) is 19.1 Å². The van der Waals surface area contributed by atoms with Gasteiger partial charge in [0.15, 0.2) is 0 Å². The molecular formula is C15H15N3O2. The predicted octanol–water partition coefficient (Wildman–Crippen LogP) is 2.60. The van der Waals surface area contributed by atoms with Crippen LogP contribution in [0.25, 0.3) is 10.9 Å². The molecule has 0 saturated carbocycles. The predicted molar refractivity (Wildman–Crippen MR) is 75.9 cm³/mol. The molecule has 0 amide bonds. The van der Waals surface area contributed by atoms with Crippen molar-refractivity contribution < 1.29 is 9.90 Å². The molecule has 102 valence electrons. The summed E-state index contributed by atoms with van der Waals surface area (Å²) >= 11 is 0. The van der Waals surface area contributed by atoms with Crippen molar-refractivity contribution in [2.45, 2.75) is 20.0 Å². The van der Waals surface area contributed by atoms with E-state index in [0.717, 1.165) is 23.1 Å². The van der Waals surface area contributed by atoms with Crippen molar-refractivity contribution in [1.82, 2.24) is 14.1 Å². The largest absolute Gasteiger partial charge is 0.478 e. The van der Waals surface area contributed by atoms with Crippen LogP contribution in [0.2, 0.25) is 0 Å². The Bertz CT molecular complexity index is 770. The quantitative estimate of drug-likeness (QED) is 0.792. The van der Waals surface area contributed by atoms with Gasteiger partial charge in [0.2, 0.25) is 0 Å². The molecule has 0 aliphatic heterocycles. The zero-order chi connectivity index (χ0) is 14.1. The van der Waals surface area contributed by atoms with Crippen molar-refractivity contribution in [1.29, 1.82) is 0 Å². The molecule has 1 aromatic carbocycles. The minimum atomic E-state index is -0.903. The average molecular weight is 269 g/mol. The van der Waals surface area contributed by atoms with Crippen molar-refractivity contribution in [3.63, 3.8) is 0 Å². The van der Waals surface area contributed by atoms with Gasteiger partial charge in [0.25, 0.3) is 0 Å². The summed E-state index contributed by atoms with van der Waals surface area (Å²) in [6, 6.07) is 7.27. The molecule has 0 aliphatic rings. The number of rotatable bonds is 4. The summed E-state index contributed by atoms with van der Waals surface area (Å²) in [5, 5.41) is 10.3. The second-order valence-corrected chi connectivity index (χ2v) is 4.66. The van der Waals surface area contributed by atoms with Gasteiger partial charge in [-0.25, -0.2) is 9.78 Å². The molecule has 2 aromatic heterocycles. The number of nitrogens with zero attached hydrogens (tertiary/aromatic N) is 3. The molecule has 1 N–H and O–H groups in total. The van der Waals surface area contributed by atoms with Gasteiger partial charge < -0.3 is 14.2 Å². The van der Waals surface area contributed by atoms with Gasteiger partial charge in [-0.1, -0.05) is 12.1 Å². The van der Waals surface area contributed by atoms with E-state index < -0.39 is 5.97 Å². The maximum atomic E-state index is 11.4. The standard InChI is InChI=1S/C15H15N3O2/c1-2-17-10-16-8-12(17)9-18-7-6-11-4-3-5-13(14(11)18)15(19)20/h3-8,10H,2,9H2,1H3,(H,19,20). The number of fused-ring (bicyclic) bond motifs is 1. The lowest BCUT2D eigenvalue weighted by Gasteiger charge is -2.09. The van der Waals surface area contributed by atoms with E-state index in [1.807, 2.05) is 29.1 Å². The lowest BCUT2D eigenvalue weighted by atomic mass is 10.1. The van der Waals surface area contributed by atoms with E-state index in [0.29, 0.717) is 12.1 Å². The van der Waals surface area contributed by atoms with Crippen molar-refractivity contribution in [2.75, 3.05) is 0 Å². The van der Waals surface area contributed by atoms with Crippen LogP contribution in [0.4, 0.5) is 0 Å². The zero-order valence-electron chi connectivity index (χ0n) is 11.2. The molecule has 0 bridgehead atoms. The van der Waals surface area contributed by atoms with Crippen LogP contribution in [-0.2, 0) is 13.1 Å². The Morgan fingerprint density at radius 1 is 1.30 bits per heavy atom. The second-order valence-electron chi connectivity index (χ2n) is 4.66. The number of imidazole rings is 1. The van der Waals surface area contributed by atoms with Crippen molar-refractivity contribution in [3.05, 3.63) is 54.2 Å². The minimum absolute atomic E-state index is 0.329. The van der Waals surface area contributed by atoms with Gasteiger partial charge in [-0.2, -0.15) is 0 Å². The van der Waals surface area contributed by atoms with Gasteiger partial charge in [0.05, 0.1) is 29.6 Å². The molecule has 0 saturated heterocycles. The second kappa shape index (κ2) is 4.85. The van der Waals surface area contributed by atoms with E-state index in [1.54, 1.807) is 18.5 Å². The summed E-state index contributed by atoms with van der Waals surface area (Å²) in [6.45, 7) is 3.52. The molecule has 2 heterocycles. The van der Waals surface area contributed by atoms with Crippen LogP contribution in [0.3, 0.4) is 0 Å². The smallest absolute Gasteiger partial charge is 0.337 e. The SMILES string of the molecule is CCn1cncc1Cn1ccc2cccc(C(=O)O)c21. The number of carboxylic acids is 1. The van der Waals surface area contributed by atoms with E-state index >= 15 is 0 Å². The highest BCUT2D eigenvalue weighted by molar-refractivity contribution is 6.02. The molecule has 5 heteroatoms. The number of hydrogen-bond acceptors (Lipinski definition) is 2. The zero-order valence-corrected chi connectivity index (χ0v) is 11.2. The van der Waals surface area contributed by atoms with E-state index in [9.17, 15) is 9.90 Å². The maximum absolute atomic E-state index is 11.4. The van der Waals surface area contributed by atoms with Crippen molar-refractivity contribution in [3.8, 4) is 0 Å². The van der Waals surface area contributed by atoms with Gasteiger partial charge in [0.1, 0.15) is 0 Å². The van der Waals surface area contributed by atoms with Gasteiger partial charge in [0, 0.05) is 24.3 Å². The first-order valence-electron chi connectivity index (χ1n) is 6.51. The molecule has 0 spiro atoms. The first kappa shape index (κ1) is 12.5. The first-order chi connectivity index (χ1) is 9.70. The summed E-state index contributed by atoms with van der Waals surface area (Å²) in [6.07, 6.45) is 5.53. The number of carbonyl (C=O) groups is 1. The highest BCUT2D eigenvalue weighted by Crippen LogP contribution is 2.21. The van der Waals surface area contributed by atoms with Crippen LogP contribution in [0.15, 0.2) is 43.0 Å². The molecule has 0 unspecified atom stereocenters. The molecule has 20 heavy (non-hydrogen) atoms. The Balaban J connectivity index is 2.10. The molecule has 0 fully saturated rings. The van der Waals surface area contributed by atoms with Crippen LogP contribution in [0.1, 0.15) is 23.0 Å². The van der Waals surface area contributed by atoms with Gasteiger partial charge in [-0.15, -0.1) is 0 Å². The Hall–Kier alpha value is -2.56. The Kier molecular flexibility index (Phi) is 3.02. The van der Waals surface area contributed by atoms with Crippen LogP contribution in [-0.4, -0.2) is 25.2 Å². The summed E-state index contributed by atoms with van der Waals surface area (Å²) in [5.74, 6) is -0.903. The van der Waals surface area contributed by atoms with Crippen LogP contribution < -0.4 is 0 Å². The molecule has 0 atom stereocenters. The van der Waals surface area contributed by atoms with E-state index in [2.05, 4.69) is 16.5 Å². The molecule has 0 aliphatic carbocycles. The van der Waals surface area contributed by atoms with Crippen molar-refractivity contribution in [2.24, 2.45) is 0 Å². The highest BCUT2D eigenvalue weighted by atomic mass is 16.4. The Labute approximate surface area is 116 Å². The van der Waals surface area contributed by atoms with Crippen molar-refractivity contribution >= 4 is 16.9 Å². The number of para-hydroxylation sites is 1. The van der Waals surface area contributed by atoms with E-state index in [-0.39, 0.29) is 0 Å². The summed E-state index contributed by atoms with van der Waals surface area (Å²) in [7, 11) is 0. The first-order valence-corrected chi connectivity index (χ1v) is 6.51. The number of aryl methyl sites for hydroxylation is 1. The highest BCUT2D eigenvalue weighted by Gasteiger charge is 2.13. The van der Waals surface area contributed by atoms with E-state index in [4.69, 9.17) is 0 Å². The summed E-state index contributed by atoms with van der Waals surface area (Å²) < 4.78 is 4.01. The lowest BCUT2D eigenvalue weighted by molar-refractivity contribution is 0.0698.